The van der Waals surface area contributed by atoms with Crippen LogP contribution in [0.2, 0.25) is 5.02 Å². The zero-order chi connectivity index (χ0) is 17.1. The molecular formula is C20H22ClN2O+. The van der Waals surface area contributed by atoms with E-state index in [-0.39, 0.29) is 5.43 Å². The first-order chi connectivity index (χ1) is 11.6. The molecule has 3 nitrogen and oxygen atoms in total. The van der Waals surface area contributed by atoms with Gasteiger partial charge in [0.15, 0.2) is 5.43 Å². The van der Waals surface area contributed by atoms with Gasteiger partial charge in [0.2, 0.25) is 0 Å². The molecule has 0 bridgehead atoms. The molecule has 0 aliphatic heterocycles. The molecule has 24 heavy (non-hydrogen) atoms. The van der Waals surface area contributed by atoms with Crippen molar-refractivity contribution in [2.24, 2.45) is 0 Å². The summed E-state index contributed by atoms with van der Waals surface area (Å²) < 4.78 is 0. The van der Waals surface area contributed by atoms with E-state index in [4.69, 9.17) is 11.6 Å². The van der Waals surface area contributed by atoms with Crippen LogP contribution in [0, 0.1) is 6.92 Å². The first-order valence-corrected chi connectivity index (χ1v) is 8.65. The predicted molar refractivity (Wildman–Crippen MR) is 99.7 cm³/mol. The summed E-state index contributed by atoms with van der Waals surface area (Å²) in [6.07, 6.45) is 0. The number of rotatable bonds is 5. The van der Waals surface area contributed by atoms with Crippen LogP contribution < -0.4 is 10.3 Å². The van der Waals surface area contributed by atoms with Gasteiger partial charge in [0.1, 0.15) is 13.1 Å². The summed E-state index contributed by atoms with van der Waals surface area (Å²) in [6.45, 7) is 6.68. The summed E-state index contributed by atoms with van der Waals surface area (Å²) in [4.78, 5) is 17.6. The molecule has 124 valence electrons. The van der Waals surface area contributed by atoms with E-state index in [9.17, 15) is 4.79 Å². The van der Waals surface area contributed by atoms with Gasteiger partial charge in [-0.25, -0.2) is 0 Å². The number of aryl methyl sites for hydroxylation is 1. The second-order valence-electron chi connectivity index (χ2n) is 6.16. The number of aromatic amines is 1. The zero-order valence-electron chi connectivity index (χ0n) is 14.0. The standard InChI is InChI=1S/C20H21ClN2O/c1-3-23(12-15-8-5-4-6-9-15)13-17-14(2)22-19-16(20(17)24)10-7-11-18(19)21/h4-11H,3,12-13H2,1-2H3,(H,22,24)/p+1. The Kier molecular flexibility index (Phi) is 5.03. The first kappa shape index (κ1) is 16.7. The third kappa shape index (κ3) is 3.37. The molecule has 1 aromatic heterocycles. The maximum Gasteiger partial charge on any atom is 0.198 e. The van der Waals surface area contributed by atoms with Crippen molar-refractivity contribution in [3.8, 4) is 0 Å². The number of nitrogens with one attached hydrogen (secondary N) is 2. The fourth-order valence-electron chi connectivity index (χ4n) is 3.10. The van der Waals surface area contributed by atoms with E-state index < -0.39 is 0 Å². The fraction of sp³-hybridized carbons (Fsp3) is 0.250. The molecule has 3 aromatic rings. The highest BCUT2D eigenvalue weighted by molar-refractivity contribution is 6.35. The van der Waals surface area contributed by atoms with Crippen molar-refractivity contribution < 1.29 is 4.90 Å². The van der Waals surface area contributed by atoms with Gasteiger partial charge in [0.05, 0.1) is 22.6 Å². The molecule has 1 atom stereocenters. The van der Waals surface area contributed by atoms with E-state index in [1.165, 1.54) is 10.5 Å². The monoisotopic (exact) mass is 341 g/mol. The summed E-state index contributed by atoms with van der Waals surface area (Å²) in [6, 6.07) is 15.9. The molecule has 0 saturated carbocycles. The van der Waals surface area contributed by atoms with Crippen LogP contribution in [0.1, 0.15) is 23.7 Å². The molecule has 0 aliphatic carbocycles. The van der Waals surface area contributed by atoms with Gasteiger partial charge in [-0.3, -0.25) is 4.79 Å². The normalized spacial score (nSPS) is 12.5. The molecule has 0 saturated heterocycles. The summed E-state index contributed by atoms with van der Waals surface area (Å²) in [5.41, 5.74) is 3.85. The topological polar surface area (TPSA) is 37.3 Å². The average Bonchev–Trinajstić information content (AvgIpc) is 2.59. The van der Waals surface area contributed by atoms with Gasteiger partial charge in [0.25, 0.3) is 0 Å². The lowest BCUT2D eigenvalue weighted by atomic mass is 10.1. The zero-order valence-corrected chi connectivity index (χ0v) is 14.8. The highest BCUT2D eigenvalue weighted by Crippen LogP contribution is 2.20. The quantitative estimate of drug-likeness (QED) is 0.735. The molecule has 2 N–H and O–H groups in total. The van der Waals surface area contributed by atoms with Gasteiger partial charge in [-0.2, -0.15) is 0 Å². The molecule has 0 radical (unpaired) electrons. The maximum absolute atomic E-state index is 12.9. The van der Waals surface area contributed by atoms with Crippen LogP contribution in [0.5, 0.6) is 0 Å². The van der Waals surface area contributed by atoms with Gasteiger partial charge >= 0.3 is 0 Å². The molecule has 0 aliphatic rings. The number of aromatic nitrogens is 1. The Morgan fingerprint density at radius 2 is 1.79 bits per heavy atom. The highest BCUT2D eigenvalue weighted by atomic mass is 35.5. The number of hydrogen-bond donors (Lipinski definition) is 2. The lowest BCUT2D eigenvalue weighted by Gasteiger charge is -2.19. The number of quaternary nitrogens is 1. The van der Waals surface area contributed by atoms with E-state index >= 15 is 0 Å². The fourth-order valence-corrected chi connectivity index (χ4v) is 3.32. The predicted octanol–water partition coefficient (Wildman–Crippen LogP) is 3.09. The SMILES string of the molecule is CC[NH+](Cc1ccccc1)Cc1c(C)[nH]c2c(Cl)cccc2c1=O. The molecule has 0 fully saturated rings. The molecule has 1 unspecified atom stereocenters. The highest BCUT2D eigenvalue weighted by Gasteiger charge is 2.16. The van der Waals surface area contributed by atoms with Crippen LogP contribution >= 0.6 is 11.6 Å². The van der Waals surface area contributed by atoms with E-state index in [0.717, 1.165) is 29.9 Å². The van der Waals surface area contributed by atoms with E-state index in [1.54, 1.807) is 6.07 Å². The minimum Gasteiger partial charge on any atom is -0.357 e. The number of pyridine rings is 1. The third-order valence-electron chi connectivity index (χ3n) is 4.52. The lowest BCUT2D eigenvalue weighted by Crippen LogP contribution is -3.09. The average molecular weight is 342 g/mol. The van der Waals surface area contributed by atoms with Crippen molar-refractivity contribution in [1.29, 1.82) is 0 Å². The summed E-state index contributed by atoms with van der Waals surface area (Å²) >= 11 is 6.22. The Labute approximate surface area is 146 Å². The Bertz CT molecular complexity index is 903. The third-order valence-corrected chi connectivity index (χ3v) is 4.84. The van der Waals surface area contributed by atoms with E-state index in [0.29, 0.717) is 17.0 Å². The molecule has 0 amide bonds. The Balaban J connectivity index is 1.95. The van der Waals surface area contributed by atoms with Crippen LogP contribution in [-0.4, -0.2) is 11.5 Å². The number of para-hydroxylation sites is 1. The van der Waals surface area contributed by atoms with Crippen molar-refractivity contribution in [2.45, 2.75) is 26.9 Å². The number of H-pyrrole nitrogens is 1. The van der Waals surface area contributed by atoms with Gasteiger partial charge < -0.3 is 9.88 Å². The van der Waals surface area contributed by atoms with Crippen LogP contribution in [0.15, 0.2) is 53.3 Å². The van der Waals surface area contributed by atoms with Gasteiger partial charge in [0, 0.05) is 16.6 Å². The Hall–Kier alpha value is -2.10. The van der Waals surface area contributed by atoms with Crippen LogP contribution in [0.25, 0.3) is 10.9 Å². The van der Waals surface area contributed by atoms with Crippen LogP contribution in [-0.2, 0) is 13.1 Å². The summed E-state index contributed by atoms with van der Waals surface area (Å²) in [5, 5.41) is 1.25. The lowest BCUT2D eigenvalue weighted by molar-refractivity contribution is -0.925. The van der Waals surface area contributed by atoms with Gasteiger partial charge in [-0.15, -0.1) is 0 Å². The molecule has 2 aromatic carbocycles. The van der Waals surface area contributed by atoms with Crippen molar-refractivity contribution >= 4 is 22.5 Å². The van der Waals surface area contributed by atoms with Gasteiger partial charge in [-0.1, -0.05) is 48.0 Å². The molecular weight excluding hydrogens is 320 g/mol. The van der Waals surface area contributed by atoms with E-state index in [2.05, 4.69) is 36.2 Å². The number of fused-ring (bicyclic) bond motifs is 1. The molecule has 1 heterocycles. The smallest absolute Gasteiger partial charge is 0.198 e. The summed E-state index contributed by atoms with van der Waals surface area (Å²) in [7, 11) is 0. The number of hydrogen-bond acceptors (Lipinski definition) is 1. The van der Waals surface area contributed by atoms with Crippen molar-refractivity contribution in [3.05, 3.63) is 80.6 Å². The van der Waals surface area contributed by atoms with Crippen LogP contribution in [0.3, 0.4) is 0 Å². The largest absolute Gasteiger partial charge is 0.357 e. The maximum atomic E-state index is 12.9. The Morgan fingerprint density at radius 1 is 1.04 bits per heavy atom. The van der Waals surface area contributed by atoms with E-state index in [1.807, 2.05) is 25.1 Å². The molecule has 4 heteroatoms. The minimum absolute atomic E-state index is 0.0859. The summed E-state index contributed by atoms with van der Waals surface area (Å²) in [5.74, 6) is 0. The van der Waals surface area contributed by atoms with Crippen molar-refractivity contribution in [3.63, 3.8) is 0 Å². The number of halogens is 1. The number of benzene rings is 2. The second-order valence-corrected chi connectivity index (χ2v) is 6.57. The van der Waals surface area contributed by atoms with Crippen LogP contribution in [0.4, 0.5) is 0 Å². The first-order valence-electron chi connectivity index (χ1n) is 8.27. The molecule has 0 spiro atoms. The molecule has 3 rings (SSSR count). The van der Waals surface area contributed by atoms with Crippen molar-refractivity contribution in [2.75, 3.05) is 6.54 Å². The minimum atomic E-state index is 0.0859. The Morgan fingerprint density at radius 3 is 2.50 bits per heavy atom. The van der Waals surface area contributed by atoms with Crippen molar-refractivity contribution in [1.82, 2.24) is 4.98 Å². The van der Waals surface area contributed by atoms with Gasteiger partial charge in [-0.05, 0) is 26.0 Å². The second kappa shape index (κ2) is 7.20.